The van der Waals surface area contributed by atoms with Crippen LogP contribution in [0.25, 0.3) is 0 Å². The van der Waals surface area contributed by atoms with Crippen LogP contribution in [0.1, 0.15) is 115 Å². The van der Waals surface area contributed by atoms with Crippen LogP contribution in [0.4, 0.5) is 0 Å². The zero-order valence-electron chi connectivity index (χ0n) is 26.2. The van der Waals surface area contributed by atoms with Gasteiger partial charge in [-0.2, -0.15) is 0 Å². The molecule has 0 rings (SSSR count). The average Bonchev–Trinajstić information content (AvgIpc) is 2.72. The van der Waals surface area contributed by atoms with Gasteiger partial charge in [-0.15, -0.1) is 0 Å². The molecule has 7 heteroatoms. The lowest BCUT2D eigenvalue weighted by molar-refractivity contribution is -0.132. The maximum absolute atomic E-state index is 12.8. The van der Waals surface area contributed by atoms with Gasteiger partial charge in [-0.05, 0) is 71.1 Å². The number of aliphatic hydroxyl groups excluding tert-OH is 1. The fraction of sp³-hybridized carbons (Fsp3) is 0.933. The van der Waals surface area contributed by atoms with Crippen molar-refractivity contribution in [3.8, 4) is 0 Å². The highest BCUT2D eigenvalue weighted by Gasteiger charge is 2.31. The lowest BCUT2D eigenvalue weighted by Gasteiger charge is -2.32. The van der Waals surface area contributed by atoms with Gasteiger partial charge in [0.25, 0.3) is 0 Å². The quantitative estimate of drug-likeness (QED) is 0.206. The van der Waals surface area contributed by atoms with E-state index in [9.17, 15) is 9.59 Å². The van der Waals surface area contributed by atoms with Gasteiger partial charge < -0.3 is 25.2 Å². The first-order valence-electron chi connectivity index (χ1n) is 14.1. The fourth-order valence-corrected chi connectivity index (χ4v) is 3.55. The normalized spacial score (nSPS) is 13.7. The largest absolute Gasteiger partial charge is 0.396 e. The number of nitrogens with one attached hydrogen (secondary N) is 2. The highest BCUT2D eigenvalue weighted by atomic mass is 16.5. The van der Waals surface area contributed by atoms with E-state index in [2.05, 4.69) is 52.2 Å². The molecule has 0 aromatic rings. The van der Waals surface area contributed by atoms with Crippen LogP contribution in [0.15, 0.2) is 0 Å². The summed E-state index contributed by atoms with van der Waals surface area (Å²) in [4.78, 5) is 25.2. The summed E-state index contributed by atoms with van der Waals surface area (Å²) in [5.74, 6) is 0.554. The van der Waals surface area contributed by atoms with Gasteiger partial charge in [0, 0.05) is 43.7 Å². The number of carbonyl (C=O) groups excluding carboxylic acids is 2. The molecule has 0 spiro atoms. The molecule has 0 fully saturated rings. The van der Waals surface area contributed by atoms with E-state index in [0.29, 0.717) is 44.9 Å². The van der Waals surface area contributed by atoms with Crippen LogP contribution in [0.5, 0.6) is 0 Å². The molecule has 0 atom stereocenters. The van der Waals surface area contributed by atoms with Crippen molar-refractivity contribution < 1.29 is 24.2 Å². The van der Waals surface area contributed by atoms with Crippen LogP contribution >= 0.6 is 0 Å². The molecule has 0 radical (unpaired) electrons. The lowest BCUT2D eigenvalue weighted by Crippen LogP contribution is -2.42. The van der Waals surface area contributed by atoms with E-state index in [0.717, 1.165) is 19.4 Å². The third kappa shape index (κ3) is 14.5. The molecule has 37 heavy (non-hydrogen) atoms. The number of hydrogen-bond acceptors (Lipinski definition) is 5. The zero-order valence-corrected chi connectivity index (χ0v) is 26.2. The van der Waals surface area contributed by atoms with E-state index in [1.165, 1.54) is 0 Å². The first-order valence-corrected chi connectivity index (χ1v) is 14.1. The summed E-state index contributed by atoms with van der Waals surface area (Å²) in [5.41, 5.74) is -1.61. The minimum atomic E-state index is -0.594. The maximum Gasteiger partial charge on any atom is 0.225 e. The van der Waals surface area contributed by atoms with Crippen molar-refractivity contribution in [1.29, 1.82) is 0 Å². The van der Waals surface area contributed by atoms with Crippen molar-refractivity contribution in [1.82, 2.24) is 10.6 Å². The molecule has 0 aliphatic rings. The van der Waals surface area contributed by atoms with Gasteiger partial charge in [0.2, 0.25) is 11.8 Å². The molecule has 0 heterocycles. The molecule has 0 aliphatic carbocycles. The fourth-order valence-electron chi connectivity index (χ4n) is 3.55. The third-order valence-corrected chi connectivity index (χ3v) is 8.01. The Morgan fingerprint density at radius 2 is 1.03 bits per heavy atom. The Morgan fingerprint density at radius 1 is 0.649 bits per heavy atom. The van der Waals surface area contributed by atoms with Crippen LogP contribution in [-0.2, 0) is 19.1 Å². The predicted octanol–water partition coefficient (Wildman–Crippen LogP) is 5.49. The lowest BCUT2D eigenvalue weighted by atomic mass is 9.78. The number of rotatable bonds is 19. The monoisotopic (exact) mass is 528 g/mol. The van der Waals surface area contributed by atoms with Crippen molar-refractivity contribution in [2.45, 2.75) is 126 Å². The summed E-state index contributed by atoms with van der Waals surface area (Å²) >= 11 is 0. The summed E-state index contributed by atoms with van der Waals surface area (Å²) in [7, 11) is 0. The van der Waals surface area contributed by atoms with Crippen LogP contribution in [0, 0.1) is 22.2 Å². The smallest absolute Gasteiger partial charge is 0.225 e. The predicted molar refractivity (Wildman–Crippen MR) is 152 cm³/mol. The van der Waals surface area contributed by atoms with E-state index < -0.39 is 16.4 Å². The average molecular weight is 529 g/mol. The highest BCUT2D eigenvalue weighted by Crippen LogP contribution is 2.31. The molecular formula is C30H60N2O5. The molecule has 0 aliphatic heterocycles. The van der Waals surface area contributed by atoms with Crippen LogP contribution < -0.4 is 10.6 Å². The summed E-state index contributed by atoms with van der Waals surface area (Å²) in [5, 5.41) is 15.2. The molecule has 0 bridgehead atoms. The first kappa shape index (κ1) is 35.8. The molecule has 0 aromatic carbocycles. The molecule has 7 nitrogen and oxygen atoms in total. The van der Waals surface area contributed by atoms with Crippen LogP contribution in [0.3, 0.4) is 0 Å². The first-order chi connectivity index (χ1) is 16.7. The van der Waals surface area contributed by atoms with Crippen LogP contribution in [0.2, 0.25) is 0 Å². The van der Waals surface area contributed by atoms with Crippen molar-refractivity contribution in [3.05, 3.63) is 0 Å². The Kier molecular flexibility index (Phi) is 14.4. The maximum atomic E-state index is 12.8. The van der Waals surface area contributed by atoms with Gasteiger partial charge in [-0.3, -0.25) is 9.59 Å². The second-order valence-corrected chi connectivity index (χ2v) is 14.1. The van der Waals surface area contributed by atoms with Gasteiger partial charge in [0.15, 0.2) is 0 Å². The van der Waals surface area contributed by atoms with Crippen molar-refractivity contribution in [2.24, 2.45) is 22.2 Å². The third-order valence-electron chi connectivity index (χ3n) is 8.01. The topological polar surface area (TPSA) is 96.9 Å². The Balaban J connectivity index is 4.41. The van der Waals surface area contributed by atoms with E-state index in [4.69, 9.17) is 14.6 Å². The van der Waals surface area contributed by atoms with Crippen LogP contribution in [-0.4, -0.2) is 61.0 Å². The van der Waals surface area contributed by atoms with Gasteiger partial charge >= 0.3 is 0 Å². The molecular weight excluding hydrogens is 468 g/mol. The van der Waals surface area contributed by atoms with E-state index in [1.54, 1.807) is 0 Å². The molecule has 3 N–H and O–H groups in total. The standard InChI is InChI=1S/C30H60N2O5/c1-23(2)26(3,4)16-21-36-29(9,10)14-19-32-25(35)28(7,8)17-22-37-30(11,12)13-18-31-24(34)27(5,6)15-20-33/h23,33H,13-22H2,1-12H3,(H,31,34)(H,32,35). The molecule has 0 aromatic heterocycles. The van der Waals surface area contributed by atoms with Crippen molar-refractivity contribution >= 4 is 11.8 Å². The number of amides is 2. The number of ether oxygens (including phenoxy) is 2. The molecule has 2 amide bonds. The van der Waals surface area contributed by atoms with Crippen molar-refractivity contribution in [2.75, 3.05) is 32.9 Å². The Labute approximate surface area is 228 Å². The second kappa shape index (κ2) is 14.8. The molecule has 0 saturated carbocycles. The molecule has 0 saturated heterocycles. The highest BCUT2D eigenvalue weighted by molar-refractivity contribution is 5.82. The van der Waals surface area contributed by atoms with Crippen molar-refractivity contribution in [3.63, 3.8) is 0 Å². The second-order valence-electron chi connectivity index (χ2n) is 14.1. The number of carbonyl (C=O) groups is 2. The minimum Gasteiger partial charge on any atom is -0.396 e. The Hall–Kier alpha value is -1.18. The zero-order chi connectivity index (χ0) is 29.1. The van der Waals surface area contributed by atoms with E-state index in [-0.39, 0.29) is 29.4 Å². The molecule has 220 valence electrons. The van der Waals surface area contributed by atoms with E-state index >= 15 is 0 Å². The Bertz CT molecular complexity index is 696. The Morgan fingerprint density at radius 3 is 1.41 bits per heavy atom. The SMILES string of the molecule is CC(C)C(C)(C)CCOC(C)(C)CCNC(=O)C(C)(C)CCOC(C)(C)CCNC(=O)C(C)(C)CCO. The summed E-state index contributed by atoms with van der Waals surface area (Å²) < 4.78 is 12.2. The summed E-state index contributed by atoms with van der Waals surface area (Å²) in [6.07, 6.45) is 3.45. The number of hydrogen-bond donors (Lipinski definition) is 3. The molecule has 0 unspecified atom stereocenters. The van der Waals surface area contributed by atoms with Gasteiger partial charge in [-0.1, -0.05) is 55.4 Å². The van der Waals surface area contributed by atoms with Gasteiger partial charge in [-0.25, -0.2) is 0 Å². The minimum absolute atomic E-state index is 0.0130. The van der Waals surface area contributed by atoms with Gasteiger partial charge in [0.1, 0.15) is 0 Å². The van der Waals surface area contributed by atoms with Gasteiger partial charge in [0.05, 0.1) is 11.2 Å². The summed E-state index contributed by atoms with van der Waals surface area (Å²) in [6, 6.07) is 0. The summed E-state index contributed by atoms with van der Waals surface area (Å²) in [6.45, 7) is 27.0. The van der Waals surface area contributed by atoms with E-state index in [1.807, 2.05) is 41.5 Å². The number of aliphatic hydroxyl groups is 1.